The Bertz CT molecular complexity index is 298. The van der Waals surface area contributed by atoms with Crippen LogP contribution in [0.2, 0.25) is 6.32 Å². The van der Waals surface area contributed by atoms with Crippen molar-refractivity contribution in [2.45, 2.75) is 12.2 Å². The van der Waals surface area contributed by atoms with E-state index in [0.29, 0.717) is 0 Å². The molecule has 0 nitrogen and oxygen atoms in total. The van der Waals surface area contributed by atoms with Crippen LogP contribution in [0.3, 0.4) is 0 Å². The normalized spacial score (nSPS) is 12.1. The maximum absolute atomic E-state index is 12.9. The molecule has 0 spiro atoms. The van der Waals surface area contributed by atoms with Gasteiger partial charge in [0.05, 0.1) is 0 Å². The van der Waals surface area contributed by atoms with E-state index in [1.165, 1.54) is 18.2 Å². The van der Waals surface area contributed by atoms with Crippen LogP contribution in [0.1, 0.15) is 5.56 Å². The second-order valence-corrected chi connectivity index (χ2v) is 2.98. The fraction of sp³-hybridized carbons (Fsp3) is 0.250. The quantitative estimate of drug-likeness (QED) is 0.543. The summed E-state index contributed by atoms with van der Waals surface area (Å²) in [5.41, 5.74) is -0.598. The maximum Gasteiger partial charge on any atom is 1.00 e. The van der Waals surface area contributed by atoms with Crippen molar-refractivity contribution in [3.05, 3.63) is 35.9 Å². The third kappa shape index (κ3) is 5.44. The van der Waals surface area contributed by atoms with Gasteiger partial charge in [-0.25, -0.2) is 8.78 Å². The van der Waals surface area contributed by atoms with Gasteiger partial charge in [-0.2, -0.15) is 0 Å². The van der Waals surface area contributed by atoms with Crippen molar-refractivity contribution in [2.24, 2.45) is 0 Å². The number of hydrogen-bond donors (Lipinski definition) is 0. The third-order valence-electron chi connectivity index (χ3n) is 1.68. The topological polar surface area (TPSA) is 0 Å². The van der Waals surface area contributed by atoms with Crippen LogP contribution in [0, 0.1) is 0 Å². The minimum Gasteiger partial charge on any atom is -0.449 e. The molecule has 0 bridgehead atoms. The van der Waals surface area contributed by atoms with E-state index in [0.717, 1.165) is 12.1 Å². The molecule has 1 aromatic rings. The van der Waals surface area contributed by atoms with Crippen LogP contribution in [-0.2, 0) is 5.92 Å². The Morgan fingerprint density at radius 1 is 1.00 bits per heavy atom. The summed E-state index contributed by atoms with van der Waals surface area (Å²) in [7, 11) is 0. The van der Waals surface area contributed by atoms with Gasteiger partial charge < -0.3 is 12.9 Å². The van der Waals surface area contributed by atoms with E-state index in [9.17, 15) is 21.7 Å². The molecule has 7 heteroatoms. The zero-order valence-electron chi connectivity index (χ0n) is 8.06. The first-order valence-corrected chi connectivity index (χ1v) is 3.96. The third-order valence-corrected chi connectivity index (χ3v) is 1.68. The van der Waals surface area contributed by atoms with Crippen LogP contribution in [0.25, 0.3) is 0 Å². The van der Waals surface area contributed by atoms with Gasteiger partial charge in [0.1, 0.15) is 0 Å². The Morgan fingerprint density at radius 3 is 1.87 bits per heavy atom. The van der Waals surface area contributed by atoms with Gasteiger partial charge in [-0.1, -0.05) is 30.3 Å². The molecule has 0 saturated carbocycles. The minimum atomic E-state index is -5.48. The van der Waals surface area contributed by atoms with Gasteiger partial charge >= 0.3 is 58.4 Å². The molecule has 0 aliphatic carbocycles. The SMILES string of the molecule is F[B-](F)(F)CC(F)(F)c1ccccc1.[K+]. The first kappa shape index (κ1) is 15.6. The van der Waals surface area contributed by atoms with Crippen LogP contribution < -0.4 is 51.4 Å². The van der Waals surface area contributed by atoms with Gasteiger partial charge in [0.15, 0.2) is 0 Å². The molecule has 78 valence electrons. The van der Waals surface area contributed by atoms with E-state index in [2.05, 4.69) is 0 Å². The molecule has 1 rings (SSSR count). The number of hydrogen-bond acceptors (Lipinski definition) is 0. The summed E-state index contributed by atoms with van der Waals surface area (Å²) < 4.78 is 61.4. The molecule has 0 radical (unpaired) electrons. The molecule has 0 unspecified atom stereocenters. The molecule has 0 N–H and O–H groups in total. The number of alkyl halides is 2. The summed E-state index contributed by atoms with van der Waals surface area (Å²) in [4.78, 5) is 0. The van der Waals surface area contributed by atoms with E-state index in [1.54, 1.807) is 0 Å². The van der Waals surface area contributed by atoms with Gasteiger partial charge in [0.25, 0.3) is 5.92 Å². The molecule has 0 fully saturated rings. The largest absolute Gasteiger partial charge is 1.00 e. The summed E-state index contributed by atoms with van der Waals surface area (Å²) >= 11 is 0. The summed E-state index contributed by atoms with van der Waals surface area (Å²) in [6, 6.07) is 6.02. The maximum atomic E-state index is 12.9. The second-order valence-electron chi connectivity index (χ2n) is 2.98. The molecule has 0 aliphatic heterocycles. The van der Waals surface area contributed by atoms with Gasteiger partial charge in [-0.3, -0.25) is 0 Å². The molecule has 0 heterocycles. The number of benzene rings is 1. The zero-order chi connectivity index (χ0) is 10.8. The molecule has 0 aliphatic rings. The van der Waals surface area contributed by atoms with Crippen molar-refractivity contribution in [1.29, 1.82) is 0 Å². The summed E-state index contributed by atoms with van der Waals surface area (Å²) in [5.74, 6) is -3.82. The predicted octanol–water partition coefficient (Wildman–Crippen LogP) is 0.630. The Labute approximate surface area is 127 Å². The predicted molar refractivity (Wildman–Crippen MR) is 44.2 cm³/mol. The molecular formula is C8H7BF5K. The van der Waals surface area contributed by atoms with Crippen molar-refractivity contribution in [3.63, 3.8) is 0 Å². The summed E-state index contributed by atoms with van der Waals surface area (Å²) in [5, 5.41) is 0. The Hall–Kier alpha value is 0.571. The summed E-state index contributed by atoms with van der Waals surface area (Å²) in [6.45, 7) is -5.48. The Kier molecular flexibility index (Phi) is 5.99. The molecular weight excluding hydrogens is 241 g/mol. The van der Waals surface area contributed by atoms with E-state index in [-0.39, 0.29) is 51.4 Å². The molecule has 0 saturated heterocycles. The van der Waals surface area contributed by atoms with E-state index >= 15 is 0 Å². The van der Waals surface area contributed by atoms with E-state index in [4.69, 9.17) is 0 Å². The van der Waals surface area contributed by atoms with Crippen LogP contribution in [-0.4, -0.2) is 6.98 Å². The average Bonchev–Trinajstić information content (AvgIpc) is 2.01. The van der Waals surface area contributed by atoms with Crippen molar-refractivity contribution in [3.8, 4) is 0 Å². The van der Waals surface area contributed by atoms with Gasteiger partial charge in [0, 0.05) is 5.56 Å². The molecule has 15 heavy (non-hydrogen) atoms. The Morgan fingerprint density at radius 2 is 1.47 bits per heavy atom. The standard InChI is InChI=1S/C8H7BF5.K/c10-8(11,6-9(12,13)14)7-4-2-1-3-5-7;/h1-5H,6H2;/q-1;+1. The molecule has 0 amide bonds. The average molecular weight is 248 g/mol. The summed E-state index contributed by atoms with van der Waals surface area (Å²) in [6.07, 6.45) is -2.06. The van der Waals surface area contributed by atoms with E-state index < -0.39 is 24.8 Å². The first-order chi connectivity index (χ1) is 6.31. The fourth-order valence-corrected chi connectivity index (χ4v) is 1.09. The van der Waals surface area contributed by atoms with Crippen LogP contribution in [0.4, 0.5) is 21.7 Å². The van der Waals surface area contributed by atoms with Crippen molar-refractivity contribution in [1.82, 2.24) is 0 Å². The number of halogens is 5. The second kappa shape index (κ2) is 5.77. The number of rotatable bonds is 3. The van der Waals surface area contributed by atoms with Crippen molar-refractivity contribution < 1.29 is 73.1 Å². The molecule has 0 atom stereocenters. The zero-order valence-corrected chi connectivity index (χ0v) is 11.2. The van der Waals surface area contributed by atoms with Crippen LogP contribution >= 0.6 is 0 Å². The first-order valence-electron chi connectivity index (χ1n) is 3.96. The fourth-order valence-electron chi connectivity index (χ4n) is 1.09. The molecule has 0 aromatic heterocycles. The monoisotopic (exact) mass is 248 g/mol. The van der Waals surface area contributed by atoms with Gasteiger partial charge in [-0.05, 0) is 6.32 Å². The van der Waals surface area contributed by atoms with Crippen molar-refractivity contribution >= 4 is 6.98 Å². The molecule has 1 aromatic carbocycles. The van der Waals surface area contributed by atoms with Crippen LogP contribution in [0.5, 0.6) is 0 Å². The minimum absolute atomic E-state index is 0. The van der Waals surface area contributed by atoms with Crippen molar-refractivity contribution in [2.75, 3.05) is 0 Å². The van der Waals surface area contributed by atoms with Crippen LogP contribution in [0.15, 0.2) is 30.3 Å². The van der Waals surface area contributed by atoms with Gasteiger partial charge in [-0.15, -0.1) is 0 Å². The Balaban J connectivity index is 0.00000196. The smallest absolute Gasteiger partial charge is 0.449 e. The van der Waals surface area contributed by atoms with Gasteiger partial charge in [0.2, 0.25) is 0 Å². The van der Waals surface area contributed by atoms with E-state index in [1.807, 2.05) is 0 Å².